The van der Waals surface area contributed by atoms with Gasteiger partial charge in [0.05, 0.1) is 6.21 Å². The van der Waals surface area contributed by atoms with Crippen molar-refractivity contribution in [2.75, 3.05) is 4.90 Å². The first-order chi connectivity index (χ1) is 13.6. The van der Waals surface area contributed by atoms with Crippen LogP contribution in [0.15, 0.2) is 90.0 Å². The van der Waals surface area contributed by atoms with Crippen molar-refractivity contribution in [3.8, 4) is 0 Å². The molecule has 142 valence electrons. The van der Waals surface area contributed by atoms with Crippen molar-refractivity contribution in [2.24, 2.45) is 5.10 Å². The van der Waals surface area contributed by atoms with Gasteiger partial charge in [0.1, 0.15) is 0 Å². The van der Waals surface area contributed by atoms with E-state index in [-0.39, 0.29) is 6.04 Å². The maximum Gasteiger partial charge on any atom is 0.187 e. The summed E-state index contributed by atoms with van der Waals surface area (Å²) in [5, 5.41) is 7.80. The average molecular weight is 389 g/mol. The minimum atomic E-state index is 0.274. The SMILES string of the molecule is CC(C)NC(=S)N/N=C/c1ccc(N(c2ccccc2)c2ccccc2)cc1. The average Bonchev–Trinajstić information content (AvgIpc) is 2.70. The number of rotatable bonds is 6. The van der Waals surface area contributed by atoms with Gasteiger partial charge in [0.25, 0.3) is 0 Å². The summed E-state index contributed by atoms with van der Waals surface area (Å²) in [6, 6.07) is 29.2. The number of hydrazone groups is 1. The number of hydrogen-bond donors (Lipinski definition) is 2. The van der Waals surface area contributed by atoms with Crippen LogP contribution in [-0.4, -0.2) is 17.4 Å². The quantitative estimate of drug-likeness (QED) is 0.339. The molecule has 3 aromatic carbocycles. The van der Waals surface area contributed by atoms with Crippen molar-refractivity contribution in [3.05, 3.63) is 90.5 Å². The fourth-order valence-corrected chi connectivity index (χ4v) is 3.06. The molecular formula is C23H24N4S. The number of thiocarbonyl (C=S) groups is 1. The minimum absolute atomic E-state index is 0.274. The smallest absolute Gasteiger partial charge is 0.187 e. The Morgan fingerprint density at radius 3 is 1.82 bits per heavy atom. The third kappa shape index (κ3) is 5.41. The second-order valence-corrected chi connectivity index (χ2v) is 7.00. The molecule has 0 unspecified atom stereocenters. The van der Waals surface area contributed by atoms with Crippen LogP contribution in [0.1, 0.15) is 19.4 Å². The molecule has 0 heterocycles. The molecule has 0 amide bonds. The van der Waals surface area contributed by atoms with E-state index in [0.717, 1.165) is 22.6 Å². The highest BCUT2D eigenvalue weighted by Crippen LogP contribution is 2.33. The third-order valence-corrected chi connectivity index (χ3v) is 4.19. The van der Waals surface area contributed by atoms with Gasteiger partial charge in [0.15, 0.2) is 5.11 Å². The van der Waals surface area contributed by atoms with E-state index >= 15 is 0 Å². The van der Waals surface area contributed by atoms with Gasteiger partial charge in [-0.2, -0.15) is 5.10 Å². The molecule has 0 aliphatic rings. The minimum Gasteiger partial charge on any atom is -0.359 e. The summed E-state index contributed by atoms with van der Waals surface area (Å²) in [5.74, 6) is 0. The van der Waals surface area contributed by atoms with Gasteiger partial charge < -0.3 is 10.2 Å². The van der Waals surface area contributed by atoms with Crippen LogP contribution in [-0.2, 0) is 0 Å². The van der Waals surface area contributed by atoms with Crippen molar-refractivity contribution >= 4 is 40.6 Å². The van der Waals surface area contributed by atoms with E-state index in [1.165, 1.54) is 0 Å². The van der Waals surface area contributed by atoms with Crippen LogP contribution >= 0.6 is 12.2 Å². The molecule has 3 rings (SSSR count). The highest BCUT2D eigenvalue weighted by atomic mass is 32.1. The molecule has 0 fully saturated rings. The zero-order chi connectivity index (χ0) is 19.8. The fraction of sp³-hybridized carbons (Fsp3) is 0.130. The van der Waals surface area contributed by atoms with Gasteiger partial charge in [-0.1, -0.05) is 48.5 Å². The van der Waals surface area contributed by atoms with Crippen LogP contribution in [0.2, 0.25) is 0 Å². The first-order valence-electron chi connectivity index (χ1n) is 9.23. The molecule has 2 N–H and O–H groups in total. The van der Waals surface area contributed by atoms with Crippen molar-refractivity contribution in [1.82, 2.24) is 10.7 Å². The Hall–Kier alpha value is -3.18. The molecule has 0 atom stereocenters. The maximum atomic E-state index is 5.17. The summed E-state index contributed by atoms with van der Waals surface area (Å²) in [6.07, 6.45) is 1.76. The summed E-state index contributed by atoms with van der Waals surface area (Å²) >= 11 is 5.17. The lowest BCUT2D eigenvalue weighted by Gasteiger charge is -2.25. The molecule has 0 radical (unpaired) electrons. The van der Waals surface area contributed by atoms with Gasteiger partial charge in [-0.15, -0.1) is 0 Å². The molecule has 0 aromatic heterocycles. The van der Waals surface area contributed by atoms with Crippen molar-refractivity contribution in [2.45, 2.75) is 19.9 Å². The molecular weight excluding hydrogens is 364 g/mol. The molecule has 0 bridgehead atoms. The lowest BCUT2D eigenvalue weighted by atomic mass is 10.1. The number of nitrogens with one attached hydrogen (secondary N) is 2. The van der Waals surface area contributed by atoms with Gasteiger partial charge in [-0.25, -0.2) is 0 Å². The van der Waals surface area contributed by atoms with Gasteiger partial charge >= 0.3 is 0 Å². The van der Waals surface area contributed by atoms with E-state index in [9.17, 15) is 0 Å². The summed E-state index contributed by atoms with van der Waals surface area (Å²) in [5.41, 5.74) is 7.13. The summed E-state index contributed by atoms with van der Waals surface area (Å²) in [6.45, 7) is 4.06. The van der Waals surface area contributed by atoms with Gasteiger partial charge in [-0.05, 0) is 68.0 Å². The van der Waals surface area contributed by atoms with Crippen LogP contribution in [0.5, 0.6) is 0 Å². The van der Waals surface area contributed by atoms with Crippen LogP contribution in [0.3, 0.4) is 0 Å². The van der Waals surface area contributed by atoms with Crippen LogP contribution in [0.25, 0.3) is 0 Å². The Morgan fingerprint density at radius 2 is 1.32 bits per heavy atom. The second kappa shape index (κ2) is 9.67. The first kappa shape index (κ1) is 19.6. The number of hydrogen-bond acceptors (Lipinski definition) is 3. The summed E-state index contributed by atoms with van der Waals surface area (Å²) < 4.78 is 0. The van der Waals surface area contributed by atoms with Crippen molar-refractivity contribution < 1.29 is 0 Å². The first-order valence-corrected chi connectivity index (χ1v) is 9.64. The van der Waals surface area contributed by atoms with E-state index in [1.54, 1.807) is 6.21 Å². The largest absolute Gasteiger partial charge is 0.359 e. The monoisotopic (exact) mass is 388 g/mol. The number of benzene rings is 3. The molecule has 0 saturated heterocycles. The van der Waals surface area contributed by atoms with Crippen molar-refractivity contribution in [3.63, 3.8) is 0 Å². The van der Waals surface area contributed by atoms with E-state index in [0.29, 0.717) is 5.11 Å². The Balaban J connectivity index is 1.78. The third-order valence-electron chi connectivity index (χ3n) is 3.98. The van der Waals surface area contributed by atoms with Crippen molar-refractivity contribution in [1.29, 1.82) is 0 Å². The van der Waals surface area contributed by atoms with Gasteiger partial charge in [-0.3, -0.25) is 5.43 Å². The number of para-hydroxylation sites is 2. The summed E-state index contributed by atoms with van der Waals surface area (Å²) in [4.78, 5) is 2.22. The standard InChI is InChI=1S/C23H24N4S/c1-18(2)25-23(28)26-24-17-19-13-15-22(16-14-19)27(20-9-5-3-6-10-20)21-11-7-4-8-12-21/h3-18H,1-2H3,(H2,25,26,28)/b24-17+. The lowest BCUT2D eigenvalue weighted by molar-refractivity contribution is 0.720. The van der Waals surface area contributed by atoms with E-state index in [1.807, 2.05) is 62.4 Å². The van der Waals surface area contributed by atoms with E-state index < -0.39 is 0 Å². The van der Waals surface area contributed by atoms with Crippen LogP contribution in [0.4, 0.5) is 17.1 Å². The highest BCUT2D eigenvalue weighted by molar-refractivity contribution is 7.80. The molecule has 4 nitrogen and oxygen atoms in total. The molecule has 0 aliphatic heterocycles. The molecule has 5 heteroatoms. The lowest BCUT2D eigenvalue weighted by Crippen LogP contribution is -2.36. The van der Waals surface area contributed by atoms with Gasteiger partial charge in [0.2, 0.25) is 0 Å². The fourth-order valence-electron chi connectivity index (χ4n) is 2.77. The Labute approximate surface area is 171 Å². The van der Waals surface area contributed by atoms with Gasteiger partial charge in [0, 0.05) is 23.1 Å². The maximum absolute atomic E-state index is 5.17. The normalized spacial score (nSPS) is 10.8. The summed E-state index contributed by atoms with van der Waals surface area (Å²) in [7, 11) is 0. The Morgan fingerprint density at radius 1 is 0.821 bits per heavy atom. The predicted molar refractivity (Wildman–Crippen MR) is 123 cm³/mol. The Bertz CT molecular complexity index is 867. The number of anilines is 3. The van der Waals surface area contributed by atoms with E-state index in [2.05, 4.69) is 57.1 Å². The zero-order valence-electron chi connectivity index (χ0n) is 16.0. The van der Waals surface area contributed by atoms with Crippen LogP contribution in [0, 0.1) is 0 Å². The van der Waals surface area contributed by atoms with E-state index in [4.69, 9.17) is 12.2 Å². The molecule has 0 aliphatic carbocycles. The molecule has 0 saturated carbocycles. The van der Waals surface area contributed by atoms with Crippen LogP contribution < -0.4 is 15.6 Å². The zero-order valence-corrected chi connectivity index (χ0v) is 16.9. The second-order valence-electron chi connectivity index (χ2n) is 6.60. The molecule has 28 heavy (non-hydrogen) atoms. The predicted octanol–water partition coefficient (Wildman–Crippen LogP) is 5.36. The topological polar surface area (TPSA) is 39.7 Å². The molecule has 3 aromatic rings. The number of nitrogens with zero attached hydrogens (tertiary/aromatic N) is 2. The highest BCUT2D eigenvalue weighted by Gasteiger charge is 2.11. The molecule has 0 spiro atoms. The Kier molecular flexibility index (Phi) is 6.76.